The van der Waals surface area contributed by atoms with Gasteiger partial charge in [0.1, 0.15) is 0 Å². The predicted octanol–water partition coefficient (Wildman–Crippen LogP) is 7.31. The van der Waals surface area contributed by atoms with E-state index in [2.05, 4.69) is 86.4 Å². The normalized spacial score (nSPS) is 10.6. The molecule has 0 nitrogen and oxygen atoms in total. The van der Waals surface area contributed by atoms with E-state index in [-0.39, 0.29) is 0 Å². The number of aryl methyl sites for hydroxylation is 2. The Kier molecular flexibility index (Phi) is 7.11. The number of benzene rings is 3. The fourth-order valence-electron chi connectivity index (χ4n) is 3.47. The molecule has 3 aromatic rings. The van der Waals surface area contributed by atoms with Gasteiger partial charge in [-0.25, -0.2) is 0 Å². The Morgan fingerprint density at radius 2 is 1.22 bits per heavy atom. The molecular weight excluding hydrogens is 324 g/mol. The van der Waals surface area contributed by atoms with E-state index in [0.717, 1.165) is 17.5 Å². The highest BCUT2D eigenvalue weighted by molar-refractivity contribution is 5.84. The van der Waals surface area contributed by atoms with Crippen LogP contribution in [0.25, 0.3) is 10.8 Å². The van der Waals surface area contributed by atoms with Crippen LogP contribution in [0.4, 0.5) is 0 Å². The van der Waals surface area contributed by atoms with Crippen molar-refractivity contribution in [1.29, 1.82) is 0 Å². The standard InChI is InChI=1S/C27H30/c1-3-5-6-7-9-22-10-12-23(13-11-22)14-15-25-17-19-26-20-24(8-4-2)16-18-27(26)21-25/h10-13,16-21H,3-9H2,1-2H3. The minimum absolute atomic E-state index is 1.08. The van der Waals surface area contributed by atoms with E-state index in [1.807, 2.05) is 0 Å². The summed E-state index contributed by atoms with van der Waals surface area (Å²) in [7, 11) is 0. The Morgan fingerprint density at radius 3 is 2.00 bits per heavy atom. The highest BCUT2D eigenvalue weighted by atomic mass is 14.0. The molecule has 0 atom stereocenters. The molecule has 0 heteroatoms. The van der Waals surface area contributed by atoms with Crippen LogP contribution >= 0.6 is 0 Å². The van der Waals surface area contributed by atoms with Crippen LogP contribution in [0, 0.1) is 11.8 Å². The molecule has 0 saturated carbocycles. The average molecular weight is 355 g/mol. The van der Waals surface area contributed by atoms with Gasteiger partial charge in [0.2, 0.25) is 0 Å². The summed E-state index contributed by atoms with van der Waals surface area (Å²) < 4.78 is 0. The third-order valence-electron chi connectivity index (χ3n) is 5.07. The van der Waals surface area contributed by atoms with E-state index in [0.29, 0.717) is 0 Å². The van der Waals surface area contributed by atoms with Crippen molar-refractivity contribution >= 4 is 10.8 Å². The molecule has 0 aliphatic heterocycles. The fourth-order valence-corrected chi connectivity index (χ4v) is 3.47. The minimum atomic E-state index is 1.08. The van der Waals surface area contributed by atoms with Crippen molar-refractivity contribution in [3.63, 3.8) is 0 Å². The average Bonchev–Trinajstić information content (AvgIpc) is 2.71. The van der Waals surface area contributed by atoms with Crippen molar-refractivity contribution in [2.75, 3.05) is 0 Å². The maximum Gasteiger partial charge on any atom is 0.0255 e. The molecule has 0 amide bonds. The molecule has 0 aliphatic rings. The number of rotatable bonds is 7. The van der Waals surface area contributed by atoms with Gasteiger partial charge in [-0.05, 0) is 65.4 Å². The van der Waals surface area contributed by atoms with Crippen molar-refractivity contribution in [2.24, 2.45) is 0 Å². The SMILES string of the molecule is CCCCCCc1ccc(C#Cc2ccc3cc(CCC)ccc3c2)cc1. The van der Waals surface area contributed by atoms with Crippen LogP contribution in [0.1, 0.15) is 68.2 Å². The quantitative estimate of drug-likeness (QED) is 0.308. The highest BCUT2D eigenvalue weighted by Crippen LogP contribution is 2.19. The van der Waals surface area contributed by atoms with E-state index in [1.165, 1.54) is 60.4 Å². The molecule has 0 aliphatic carbocycles. The number of hydrogen-bond acceptors (Lipinski definition) is 0. The molecule has 3 rings (SSSR count). The lowest BCUT2D eigenvalue weighted by Gasteiger charge is -2.03. The van der Waals surface area contributed by atoms with Crippen molar-refractivity contribution in [2.45, 2.75) is 58.8 Å². The van der Waals surface area contributed by atoms with Gasteiger partial charge in [0.25, 0.3) is 0 Å². The number of unbranched alkanes of at least 4 members (excludes halogenated alkanes) is 3. The lowest BCUT2D eigenvalue weighted by molar-refractivity contribution is 0.667. The Hall–Kier alpha value is -2.52. The van der Waals surface area contributed by atoms with E-state index >= 15 is 0 Å². The van der Waals surface area contributed by atoms with Gasteiger partial charge in [-0.3, -0.25) is 0 Å². The molecule has 0 N–H and O–H groups in total. The molecule has 0 spiro atoms. The molecule has 3 aromatic carbocycles. The molecule has 0 fully saturated rings. The monoisotopic (exact) mass is 354 g/mol. The second-order valence-electron chi connectivity index (χ2n) is 7.40. The van der Waals surface area contributed by atoms with Gasteiger partial charge in [0, 0.05) is 11.1 Å². The van der Waals surface area contributed by atoms with Crippen LogP contribution in [0.3, 0.4) is 0 Å². The molecule has 0 aromatic heterocycles. The number of fused-ring (bicyclic) bond motifs is 1. The van der Waals surface area contributed by atoms with Crippen LogP contribution in [0.15, 0.2) is 60.7 Å². The molecule has 27 heavy (non-hydrogen) atoms. The van der Waals surface area contributed by atoms with Crippen LogP contribution in [-0.2, 0) is 12.8 Å². The zero-order valence-electron chi connectivity index (χ0n) is 16.7. The first-order chi connectivity index (χ1) is 13.3. The minimum Gasteiger partial charge on any atom is -0.0654 e. The summed E-state index contributed by atoms with van der Waals surface area (Å²) >= 11 is 0. The summed E-state index contributed by atoms with van der Waals surface area (Å²) in [5.41, 5.74) is 5.00. The smallest absolute Gasteiger partial charge is 0.0255 e. The zero-order valence-corrected chi connectivity index (χ0v) is 16.7. The molecule has 0 bridgehead atoms. The lowest BCUT2D eigenvalue weighted by atomic mass is 10.0. The van der Waals surface area contributed by atoms with E-state index in [4.69, 9.17) is 0 Å². The third-order valence-corrected chi connectivity index (χ3v) is 5.07. The van der Waals surface area contributed by atoms with Crippen LogP contribution in [0.2, 0.25) is 0 Å². The Labute approximate surface area is 164 Å². The molecule has 0 radical (unpaired) electrons. The van der Waals surface area contributed by atoms with Crippen LogP contribution in [0.5, 0.6) is 0 Å². The summed E-state index contributed by atoms with van der Waals surface area (Å²) in [5, 5.41) is 2.57. The lowest BCUT2D eigenvalue weighted by Crippen LogP contribution is -1.86. The van der Waals surface area contributed by atoms with Gasteiger partial charge in [0.05, 0.1) is 0 Å². The topological polar surface area (TPSA) is 0 Å². The van der Waals surface area contributed by atoms with Crippen LogP contribution in [-0.4, -0.2) is 0 Å². The first kappa shape index (κ1) is 19.2. The molecule has 0 heterocycles. The largest absolute Gasteiger partial charge is 0.0654 e. The van der Waals surface area contributed by atoms with Gasteiger partial charge >= 0.3 is 0 Å². The first-order valence-electron chi connectivity index (χ1n) is 10.4. The summed E-state index contributed by atoms with van der Waals surface area (Å²) in [6, 6.07) is 22.0. The summed E-state index contributed by atoms with van der Waals surface area (Å²) in [6.07, 6.45) is 8.77. The highest BCUT2D eigenvalue weighted by Gasteiger charge is 1.98. The summed E-state index contributed by atoms with van der Waals surface area (Å²) in [6.45, 7) is 4.48. The van der Waals surface area contributed by atoms with Gasteiger partial charge in [-0.1, -0.05) is 87.8 Å². The second-order valence-corrected chi connectivity index (χ2v) is 7.40. The Balaban J connectivity index is 1.66. The van der Waals surface area contributed by atoms with Gasteiger partial charge in [-0.15, -0.1) is 0 Å². The van der Waals surface area contributed by atoms with Gasteiger partial charge < -0.3 is 0 Å². The van der Waals surface area contributed by atoms with Gasteiger partial charge in [-0.2, -0.15) is 0 Å². The van der Waals surface area contributed by atoms with Crippen molar-refractivity contribution < 1.29 is 0 Å². The zero-order chi connectivity index (χ0) is 18.9. The predicted molar refractivity (Wildman–Crippen MR) is 118 cm³/mol. The van der Waals surface area contributed by atoms with Crippen molar-refractivity contribution in [3.8, 4) is 11.8 Å². The number of hydrogen-bond donors (Lipinski definition) is 0. The maximum absolute atomic E-state index is 3.32. The molecule has 0 saturated heterocycles. The molecular formula is C27H30. The summed E-state index contributed by atoms with van der Waals surface area (Å²) in [4.78, 5) is 0. The van der Waals surface area contributed by atoms with E-state index < -0.39 is 0 Å². The second kappa shape index (κ2) is 9.98. The van der Waals surface area contributed by atoms with Crippen molar-refractivity contribution in [1.82, 2.24) is 0 Å². The third kappa shape index (κ3) is 5.73. The first-order valence-corrected chi connectivity index (χ1v) is 10.4. The van der Waals surface area contributed by atoms with E-state index in [1.54, 1.807) is 0 Å². The fraction of sp³-hybridized carbons (Fsp3) is 0.333. The molecule has 138 valence electrons. The Bertz CT molecular complexity index is 920. The van der Waals surface area contributed by atoms with Crippen LogP contribution < -0.4 is 0 Å². The summed E-state index contributed by atoms with van der Waals surface area (Å²) in [5.74, 6) is 6.63. The molecule has 0 unspecified atom stereocenters. The van der Waals surface area contributed by atoms with Gasteiger partial charge in [0.15, 0.2) is 0 Å². The van der Waals surface area contributed by atoms with E-state index in [9.17, 15) is 0 Å². The Morgan fingerprint density at radius 1 is 0.556 bits per heavy atom. The van der Waals surface area contributed by atoms with Crippen molar-refractivity contribution in [3.05, 3.63) is 82.9 Å². The maximum atomic E-state index is 3.32.